The first-order valence-corrected chi connectivity index (χ1v) is 5.97. The van der Waals surface area contributed by atoms with E-state index in [4.69, 9.17) is 11.6 Å². The average molecular weight is 291 g/mol. The molecule has 18 heavy (non-hydrogen) atoms. The minimum absolute atomic E-state index is 0.392. The van der Waals surface area contributed by atoms with Crippen LogP contribution in [-0.4, -0.2) is 11.2 Å². The lowest BCUT2D eigenvalue weighted by molar-refractivity contribution is -0.137. The minimum atomic E-state index is -4.33. The maximum absolute atomic E-state index is 12.3. The molecule has 1 heterocycles. The van der Waals surface area contributed by atoms with Crippen molar-refractivity contribution in [2.45, 2.75) is 6.18 Å². The Balaban J connectivity index is 2.13. The van der Waals surface area contributed by atoms with E-state index in [0.29, 0.717) is 10.2 Å². The van der Waals surface area contributed by atoms with Crippen molar-refractivity contribution in [3.05, 3.63) is 45.4 Å². The summed E-state index contributed by atoms with van der Waals surface area (Å²) in [6.45, 7) is 0. The number of aromatic nitrogens is 1. The molecule has 2 aromatic rings. The maximum Gasteiger partial charge on any atom is 0.416 e. The number of hydrogen-bond donors (Lipinski definition) is 0. The monoisotopic (exact) mass is 290 g/mol. The van der Waals surface area contributed by atoms with Crippen LogP contribution in [0.4, 0.5) is 18.9 Å². The predicted octanol–water partition coefficient (Wildman–Crippen LogP) is 4.57. The molecule has 0 aliphatic rings. The van der Waals surface area contributed by atoms with Gasteiger partial charge in [-0.25, -0.2) is 4.98 Å². The molecule has 0 unspecified atom stereocenters. The van der Waals surface area contributed by atoms with Crippen molar-refractivity contribution in [2.24, 2.45) is 4.99 Å². The summed E-state index contributed by atoms with van der Waals surface area (Å²) in [7, 11) is 0. The quantitative estimate of drug-likeness (QED) is 0.744. The van der Waals surface area contributed by atoms with Crippen molar-refractivity contribution in [3.8, 4) is 0 Å². The van der Waals surface area contributed by atoms with Gasteiger partial charge in [-0.1, -0.05) is 11.6 Å². The summed E-state index contributed by atoms with van der Waals surface area (Å²) < 4.78 is 37.3. The van der Waals surface area contributed by atoms with E-state index < -0.39 is 11.7 Å². The van der Waals surface area contributed by atoms with Crippen LogP contribution in [0, 0.1) is 0 Å². The summed E-state index contributed by atoms with van der Waals surface area (Å²) in [6, 6.07) is 4.60. The molecule has 0 fully saturated rings. The number of hydrogen-bond acceptors (Lipinski definition) is 3. The number of thiazole rings is 1. The third kappa shape index (κ3) is 3.30. The number of nitrogens with zero attached hydrogens (tertiary/aromatic N) is 2. The van der Waals surface area contributed by atoms with Crippen LogP contribution in [-0.2, 0) is 6.18 Å². The first-order chi connectivity index (χ1) is 8.45. The van der Waals surface area contributed by atoms with E-state index in [1.807, 2.05) is 0 Å². The molecule has 0 aliphatic carbocycles. The lowest BCUT2D eigenvalue weighted by Gasteiger charge is -2.05. The molecule has 0 atom stereocenters. The van der Waals surface area contributed by atoms with Gasteiger partial charge in [0.2, 0.25) is 0 Å². The Morgan fingerprint density at radius 1 is 1.22 bits per heavy atom. The zero-order valence-electron chi connectivity index (χ0n) is 8.78. The van der Waals surface area contributed by atoms with E-state index in [1.165, 1.54) is 29.7 Å². The molecular formula is C11H6ClF3N2S. The number of benzene rings is 1. The molecule has 0 aliphatic heterocycles. The van der Waals surface area contributed by atoms with Crippen molar-refractivity contribution >= 4 is 34.8 Å². The van der Waals surface area contributed by atoms with Crippen LogP contribution in [0.25, 0.3) is 0 Å². The van der Waals surface area contributed by atoms with E-state index in [1.54, 1.807) is 6.20 Å². The minimum Gasteiger partial charge on any atom is -0.255 e. The Bertz CT molecular complexity index is 560. The molecule has 0 bridgehead atoms. The summed E-state index contributed by atoms with van der Waals surface area (Å²) in [5.74, 6) is 0. The van der Waals surface area contributed by atoms with Gasteiger partial charge < -0.3 is 0 Å². The standard InChI is InChI=1S/C11H6ClF3N2S/c12-10-17-6-9(18-10)5-16-8-3-1-7(2-4-8)11(13,14)15/h1-6H. The fourth-order valence-electron chi connectivity index (χ4n) is 1.20. The highest BCUT2D eigenvalue weighted by Gasteiger charge is 2.29. The molecule has 0 saturated heterocycles. The number of alkyl halides is 3. The second-order valence-electron chi connectivity index (χ2n) is 3.32. The van der Waals surface area contributed by atoms with E-state index in [2.05, 4.69) is 9.98 Å². The summed E-state index contributed by atoms with van der Waals surface area (Å²) in [5, 5.41) is 0. The van der Waals surface area contributed by atoms with Gasteiger partial charge in [-0.2, -0.15) is 13.2 Å². The highest BCUT2D eigenvalue weighted by Crippen LogP contribution is 2.30. The molecule has 7 heteroatoms. The number of aliphatic imine (C=N–C) groups is 1. The molecule has 0 saturated carbocycles. The van der Waals surface area contributed by atoms with Crippen LogP contribution in [0.3, 0.4) is 0 Å². The second kappa shape index (κ2) is 5.07. The fourth-order valence-corrected chi connectivity index (χ4v) is 2.03. The van der Waals surface area contributed by atoms with Gasteiger partial charge in [-0.3, -0.25) is 4.99 Å². The summed E-state index contributed by atoms with van der Waals surface area (Å²) in [4.78, 5) is 8.59. The Morgan fingerprint density at radius 3 is 2.39 bits per heavy atom. The van der Waals surface area contributed by atoms with Gasteiger partial charge in [-0.05, 0) is 24.3 Å². The second-order valence-corrected chi connectivity index (χ2v) is 4.96. The Morgan fingerprint density at radius 2 is 1.89 bits per heavy atom. The molecule has 0 spiro atoms. The Labute approximate surface area is 110 Å². The van der Waals surface area contributed by atoms with Crippen LogP contribution in [0.1, 0.15) is 10.4 Å². The summed E-state index contributed by atoms with van der Waals surface area (Å²) in [6.07, 6.45) is -1.28. The number of halogens is 4. The van der Waals surface area contributed by atoms with Gasteiger partial charge in [0.1, 0.15) is 0 Å². The largest absolute Gasteiger partial charge is 0.416 e. The van der Waals surface area contributed by atoms with Crippen LogP contribution in [0.5, 0.6) is 0 Å². The maximum atomic E-state index is 12.3. The fraction of sp³-hybridized carbons (Fsp3) is 0.0909. The van der Waals surface area contributed by atoms with Gasteiger partial charge in [0.05, 0.1) is 16.1 Å². The Kier molecular flexibility index (Phi) is 3.68. The van der Waals surface area contributed by atoms with Crippen molar-refractivity contribution in [3.63, 3.8) is 0 Å². The van der Waals surface area contributed by atoms with Crippen molar-refractivity contribution < 1.29 is 13.2 Å². The van der Waals surface area contributed by atoms with E-state index >= 15 is 0 Å². The zero-order chi connectivity index (χ0) is 13.2. The molecule has 2 nitrogen and oxygen atoms in total. The summed E-state index contributed by atoms with van der Waals surface area (Å²) in [5.41, 5.74) is -0.255. The normalized spacial score (nSPS) is 12.2. The van der Waals surface area contributed by atoms with Crippen molar-refractivity contribution in [1.82, 2.24) is 4.98 Å². The molecule has 0 N–H and O–H groups in total. The van der Waals surface area contributed by atoms with Gasteiger partial charge in [0.15, 0.2) is 4.47 Å². The molecule has 94 valence electrons. The molecule has 1 aromatic heterocycles. The van der Waals surface area contributed by atoms with Gasteiger partial charge >= 0.3 is 6.18 Å². The first-order valence-electron chi connectivity index (χ1n) is 4.78. The average Bonchev–Trinajstić information content (AvgIpc) is 2.72. The third-order valence-electron chi connectivity index (χ3n) is 2.03. The first kappa shape index (κ1) is 13.0. The van der Waals surface area contributed by atoms with Crippen molar-refractivity contribution in [2.75, 3.05) is 0 Å². The van der Waals surface area contributed by atoms with Gasteiger partial charge in [0, 0.05) is 12.4 Å². The molecule has 0 amide bonds. The number of rotatable bonds is 2. The summed E-state index contributed by atoms with van der Waals surface area (Å²) >= 11 is 6.87. The molecule has 0 radical (unpaired) electrons. The highest BCUT2D eigenvalue weighted by atomic mass is 35.5. The van der Waals surface area contributed by atoms with Crippen LogP contribution < -0.4 is 0 Å². The van der Waals surface area contributed by atoms with E-state index in [0.717, 1.165) is 17.0 Å². The zero-order valence-corrected chi connectivity index (χ0v) is 10.4. The highest BCUT2D eigenvalue weighted by molar-refractivity contribution is 7.17. The molecule has 2 rings (SSSR count). The predicted molar refractivity (Wildman–Crippen MR) is 65.8 cm³/mol. The van der Waals surface area contributed by atoms with Crippen LogP contribution in [0.2, 0.25) is 4.47 Å². The lowest BCUT2D eigenvalue weighted by atomic mass is 10.2. The Hall–Kier alpha value is -1.40. The van der Waals surface area contributed by atoms with Crippen LogP contribution >= 0.6 is 22.9 Å². The topological polar surface area (TPSA) is 25.2 Å². The van der Waals surface area contributed by atoms with Gasteiger partial charge in [-0.15, -0.1) is 11.3 Å². The van der Waals surface area contributed by atoms with Crippen molar-refractivity contribution in [1.29, 1.82) is 0 Å². The smallest absolute Gasteiger partial charge is 0.255 e. The third-order valence-corrected chi connectivity index (χ3v) is 3.08. The van der Waals surface area contributed by atoms with E-state index in [-0.39, 0.29) is 0 Å². The molecule has 1 aromatic carbocycles. The van der Waals surface area contributed by atoms with Gasteiger partial charge in [0.25, 0.3) is 0 Å². The molecular weight excluding hydrogens is 285 g/mol. The van der Waals surface area contributed by atoms with Crippen LogP contribution in [0.15, 0.2) is 35.5 Å². The SMILES string of the molecule is FC(F)(F)c1ccc(N=Cc2cnc(Cl)s2)cc1. The van der Waals surface area contributed by atoms with E-state index in [9.17, 15) is 13.2 Å². The lowest BCUT2D eigenvalue weighted by Crippen LogP contribution is -2.03.